The van der Waals surface area contributed by atoms with Crippen molar-refractivity contribution in [1.82, 2.24) is 19.5 Å². The summed E-state index contributed by atoms with van der Waals surface area (Å²) < 4.78 is 32.0. The number of halogens is 2. The molecule has 176 valence electrons. The van der Waals surface area contributed by atoms with Crippen molar-refractivity contribution in [2.75, 3.05) is 0 Å². The third kappa shape index (κ3) is 6.28. The predicted molar refractivity (Wildman–Crippen MR) is 139 cm³/mol. The van der Waals surface area contributed by atoms with E-state index in [1.807, 2.05) is 66.2 Å². The number of rotatable bonds is 9. The molecule has 1 heterocycles. The van der Waals surface area contributed by atoms with Gasteiger partial charge in [0.05, 0.1) is 10.9 Å². The Morgan fingerprint density at radius 3 is 2.32 bits per heavy atom. The number of sulfonamides is 1. The van der Waals surface area contributed by atoms with Crippen LogP contribution in [0.3, 0.4) is 0 Å². The summed E-state index contributed by atoms with van der Waals surface area (Å²) in [5.74, 6) is 1.26. The SMILES string of the molecule is Cn1c(SCc2ccc(Br)cc2)nnc1C(Cc1ccccc1)NS(=O)(=O)c1ccc(Cl)cc1. The molecule has 0 aliphatic rings. The first-order valence-electron chi connectivity index (χ1n) is 10.4. The summed E-state index contributed by atoms with van der Waals surface area (Å²) >= 11 is 10.9. The number of thioether (sulfide) groups is 1. The second-order valence-corrected chi connectivity index (χ2v) is 11.6. The molecule has 1 unspecified atom stereocenters. The van der Waals surface area contributed by atoms with Crippen LogP contribution in [0.2, 0.25) is 5.02 Å². The molecule has 0 aliphatic carbocycles. The standard InChI is InChI=1S/C24H22BrClN4O2S2/c1-30-23(27-28-24(30)33-16-18-7-9-19(25)10-8-18)22(15-17-5-3-2-4-6-17)29-34(31,32)21-13-11-20(26)12-14-21/h2-14,22,29H,15-16H2,1H3. The molecule has 34 heavy (non-hydrogen) atoms. The molecule has 0 saturated carbocycles. The molecular weight excluding hydrogens is 556 g/mol. The second kappa shape index (κ2) is 11.0. The van der Waals surface area contributed by atoms with Crippen molar-refractivity contribution in [3.05, 3.63) is 105 Å². The van der Waals surface area contributed by atoms with Gasteiger partial charge in [0.2, 0.25) is 10.0 Å². The lowest BCUT2D eigenvalue weighted by Crippen LogP contribution is -2.32. The lowest BCUT2D eigenvalue weighted by Gasteiger charge is -2.19. The van der Waals surface area contributed by atoms with E-state index in [1.54, 1.807) is 23.9 Å². The van der Waals surface area contributed by atoms with E-state index in [2.05, 4.69) is 30.8 Å². The number of nitrogens with zero attached hydrogens (tertiary/aromatic N) is 3. The Balaban J connectivity index is 1.59. The van der Waals surface area contributed by atoms with Crippen LogP contribution in [0.25, 0.3) is 0 Å². The van der Waals surface area contributed by atoms with Crippen LogP contribution in [-0.2, 0) is 29.2 Å². The first-order chi connectivity index (χ1) is 16.3. The molecule has 1 N–H and O–H groups in total. The van der Waals surface area contributed by atoms with E-state index in [0.29, 0.717) is 22.4 Å². The lowest BCUT2D eigenvalue weighted by molar-refractivity contribution is 0.530. The average Bonchev–Trinajstić information content (AvgIpc) is 3.19. The molecule has 0 amide bonds. The van der Waals surface area contributed by atoms with Gasteiger partial charge < -0.3 is 4.57 Å². The van der Waals surface area contributed by atoms with E-state index < -0.39 is 16.1 Å². The number of nitrogens with one attached hydrogen (secondary N) is 1. The van der Waals surface area contributed by atoms with Crippen molar-refractivity contribution >= 4 is 49.3 Å². The van der Waals surface area contributed by atoms with E-state index in [1.165, 1.54) is 12.1 Å². The molecule has 6 nitrogen and oxygen atoms in total. The third-order valence-electron chi connectivity index (χ3n) is 5.17. The van der Waals surface area contributed by atoms with Gasteiger partial charge >= 0.3 is 0 Å². The maximum Gasteiger partial charge on any atom is 0.241 e. The Morgan fingerprint density at radius 2 is 1.65 bits per heavy atom. The second-order valence-electron chi connectivity index (χ2n) is 7.63. The van der Waals surface area contributed by atoms with Gasteiger partial charge in [0.1, 0.15) is 0 Å². The highest BCUT2D eigenvalue weighted by Gasteiger charge is 2.26. The fourth-order valence-electron chi connectivity index (χ4n) is 3.39. The minimum atomic E-state index is -3.81. The van der Waals surface area contributed by atoms with Crippen LogP contribution in [0, 0.1) is 0 Å². The smallest absolute Gasteiger partial charge is 0.241 e. The van der Waals surface area contributed by atoms with Gasteiger partial charge in [0.25, 0.3) is 0 Å². The molecule has 0 radical (unpaired) electrons. The van der Waals surface area contributed by atoms with Crippen molar-refractivity contribution in [2.45, 2.75) is 28.3 Å². The summed E-state index contributed by atoms with van der Waals surface area (Å²) in [5, 5.41) is 9.89. The van der Waals surface area contributed by atoms with Gasteiger partial charge in [-0.2, -0.15) is 0 Å². The maximum atomic E-state index is 13.2. The van der Waals surface area contributed by atoms with Gasteiger partial charge in [-0.1, -0.05) is 81.8 Å². The largest absolute Gasteiger partial charge is 0.308 e. The van der Waals surface area contributed by atoms with Crippen LogP contribution in [0.5, 0.6) is 0 Å². The summed E-state index contributed by atoms with van der Waals surface area (Å²) in [7, 11) is -1.96. The van der Waals surface area contributed by atoms with Gasteiger partial charge in [-0.3, -0.25) is 0 Å². The number of benzene rings is 3. The molecule has 10 heteroatoms. The molecule has 0 fully saturated rings. The Labute approximate surface area is 216 Å². The summed E-state index contributed by atoms with van der Waals surface area (Å²) in [5.41, 5.74) is 2.14. The fraction of sp³-hybridized carbons (Fsp3) is 0.167. The molecule has 0 spiro atoms. The van der Waals surface area contributed by atoms with Gasteiger partial charge in [0.15, 0.2) is 11.0 Å². The zero-order valence-electron chi connectivity index (χ0n) is 18.2. The Bertz CT molecular complexity index is 1350. The van der Waals surface area contributed by atoms with Crippen LogP contribution < -0.4 is 4.72 Å². The van der Waals surface area contributed by atoms with E-state index in [4.69, 9.17) is 11.6 Å². The Morgan fingerprint density at radius 1 is 0.971 bits per heavy atom. The molecule has 1 atom stereocenters. The molecular formula is C24H22BrClN4O2S2. The minimum absolute atomic E-state index is 0.141. The highest BCUT2D eigenvalue weighted by atomic mass is 79.9. The van der Waals surface area contributed by atoms with Crippen molar-refractivity contribution in [1.29, 1.82) is 0 Å². The predicted octanol–water partition coefficient (Wildman–Crippen LogP) is 5.79. The van der Waals surface area contributed by atoms with E-state index in [-0.39, 0.29) is 4.90 Å². The summed E-state index contributed by atoms with van der Waals surface area (Å²) in [6.45, 7) is 0. The first-order valence-corrected chi connectivity index (χ1v) is 14.0. The molecule has 0 saturated heterocycles. The van der Waals surface area contributed by atoms with Gasteiger partial charge in [0, 0.05) is 22.3 Å². The van der Waals surface area contributed by atoms with Crippen LogP contribution >= 0.6 is 39.3 Å². The topological polar surface area (TPSA) is 76.9 Å². The van der Waals surface area contributed by atoms with Gasteiger partial charge in [-0.15, -0.1) is 10.2 Å². The van der Waals surface area contributed by atoms with Crippen LogP contribution in [0.1, 0.15) is 23.0 Å². The zero-order valence-corrected chi connectivity index (χ0v) is 22.2. The average molecular weight is 578 g/mol. The van der Waals surface area contributed by atoms with Crippen LogP contribution in [-0.4, -0.2) is 23.2 Å². The minimum Gasteiger partial charge on any atom is -0.308 e. The molecule has 0 bridgehead atoms. The van der Waals surface area contributed by atoms with Crippen molar-refractivity contribution in [2.24, 2.45) is 7.05 Å². The monoisotopic (exact) mass is 576 g/mol. The fourth-order valence-corrected chi connectivity index (χ4v) is 5.85. The highest BCUT2D eigenvalue weighted by molar-refractivity contribution is 9.10. The van der Waals surface area contributed by atoms with Gasteiger partial charge in [-0.05, 0) is 53.9 Å². The first kappa shape index (κ1) is 24.9. The molecule has 0 aliphatic heterocycles. The Kier molecular flexibility index (Phi) is 8.10. The normalized spacial score (nSPS) is 12.6. The van der Waals surface area contributed by atoms with Crippen molar-refractivity contribution in [3.63, 3.8) is 0 Å². The number of hydrogen-bond acceptors (Lipinski definition) is 5. The molecule has 3 aromatic carbocycles. The Hall–Kier alpha value is -2.17. The molecule has 4 aromatic rings. The summed E-state index contributed by atoms with van der Waals surface area (Å²) in [6, 6.07) is 23.3. The quantitative estimate of drug-likeness (QED) is 0.255. The van der Waals surface area contributed by atoms with Crippen molar-refractivity contribution in [3.8, 4) is 0 Å². The number of hydrogen-bond donors (Lipinski definition) is 1. The molecule has 1 aromatic heterocycles. The summed E-state index contributed by atoms with van der Waals surface area (Å²) in [6.07, 6.45) is 0.428. The molecule has 4 rings (SSSR count). The summed E-state index contributed by atoms with van der Waals surface area (Å²) in [4.78, 5) is 0.141. The number of aromatic nitrogens is 3. The lowest BCUT2D eigenvalue weighted by atomic mass is 10.1. The van der Waals surface area contributed by atoms with Gasteiger partial charge in [-0.25, -0.2) is 13.1 Å². The zero-order chi connectivity index (χ0) is 24.1. The van der Waals surface area contributed by atoms with E-state index >= 15 is 0 Å². The van der Waals surface area contributed by atoms with E-state index in [9.17, 15) is 8.42 Å². The van der Waals surface area contributed by atoms with E-state index in [0.717, 1.165) is 21.4 Å². The highest BCUT2D eigenvalue weighted by Crippen LogP contribution is 2.26. The van der Waals surface area contributed by atoms with Crippen LogP contribution in [0.15, 0.2) is 93.4 Å². The van der Waals surface area contributed by atoms with Crippen molar-refractivity contribution < 1.29 is 8.42 Å². The maximum absolute atomic E-state index is 13.2. The van der Waals surface area contributed by atoms with Crippen LogP contribution in [0.4, 0.5) is 0 Å². The third-order valence-corrected chi connectivity index (χ3v) is 8.53.